The lowest BCUT2D eigenvalue weighted by atomic mass is 9.75. The van der Waals surface area contributed by atoms with Gasteiger partial charge in [0.2, 0.25) is 5.76 Å². The van der Waals surface area contributed by atoms with E-state index in [2.05, 4.69) is 24.4 Å². The first kappa shape index (κ1) is 20.1. The molecule has 1 aliphatic rings. The molecule has 1 aliphatic carbocycles. The van der Waals surface area contributed by atoms with Crippen LogP contribution in [0.25, 0.3) is 10.8 Å². The minimum absolute atomic E-state index is 0.0785. The highest BCUT2D eigenvalue weighted by atomic mass is 32.1. The number of carbonyl (C=O) groups excluding carboxylic acids is 1. The molecule has 6 nitrogen and oxygen atoms in total. The van der Waals surface area contributed by atoms with E-state index in [-0.39, 0.29) is 16.3 Å². The van der Waals surface area contributed by atoms with Gasteiger partial charge in [0.15, 0.2) is 5.11 Å². The van der Waals surface area contributed by atoms with Crippen LogP contribution in [0.15, 0.2) is 52.0 Å². The van der Waals surface area contributed by atoms with Crippen molar-refractivity contribution in [3.05, 3.63) is 65.1 Å². The van der Waals surface area contributed by atoms with Gasteiger partial charge in [-0.25, -0.2) is 4.79 Å². The summed E-state index contributed by atoms with van der Waals surface area (Å²) in [5.41, 5.74) is 10.4. The zero-order chi connectivity index (χ0) is 21.5. The largest absolute Gasteiger partial charge is 0.453 e. The number of nitrogens with two attached hydrogens (primary N) is 1. The number of carbonyl (C=O) groups is 1. The number of hydrogen-bond acceptors (Lipinski definition) is 5. The van der Waals surface area contributed by atoms with E-state index in [1.807, 2.05) is 43.3 Å². The standard InChI is InChI=1S/C23H23N3O3S/c1-13-19-16(25-26-22(24)30)11-23(2,3)12-18(19)28-20(13)21(27)29-17-10-6-8-14-7-4-5-9-15(14)17/h4-10H,11-12H2,1-3H3,(H3,24,26,30)/b25-16-. The van der Waals surface area contributed by atoms with Gasteiger partial charge in [-0.15, -0.1) is 0 Å². The smallest absolute Gasteiger partial charge is 0.379 e. The summed E-state index contributed by atoms with van der Waals surface area (Å²) in [5.74, 6) is 0.875. The molecule has 0 aliphatic heterocycles. The minimum atomic E-state index is -0.530. The number of fused-ring (bicyclic) bond motifs is 2. The molecule has 0 radical (unpaired) electrons. The maximum absolute atomic E-state index is 13.0. The molecule has 1 aromatic heterocycles. The van der Waals surface area contributed by atoms with Crippen LogP contribution >= 0.6 is 12.2 Å². The lowest BCUT2D eigenvalue weighted by molar-refractivity contribution is 0.0699. The van der Waals surface area contributed by atoms with Crippen LogP contribution in [-0.4, -0.2) is 16.8 Å². The Labute approximate surface area is 180 Å². The van der Waals surface area contributed by atoms with Crippen molar-refractivity contribution in [3.63, 3.8) is 0 Å². The average molecular weight is 422 g/mol. The summed E-state index contributed by atoms with van der Waals surface area (Å²) in [7, 11) is 0. The van der Waals surface area contributed by atoms with Crippen molar-refractivity contribution in [3.8, 4) is 5.75 Å². The first-order valence-electron chi connectivity index (χ1n) is 9.70. The van der Waals surface area contributed by atoms with Crippen LogP contribution in [0.4, 0.5) is 0 Å². The molecule has 3 aromatic rings. The summed E-state index contributed by atoms with van der Waals surface area (Å²) >= 11 is 4.87. The molecule has 1 heterocycles. The van der Waals surface area contributed by atoms with E-state index in [1.54, 1.807) is 6.07 Å². The fraction of sp³-hybridized carbons (Fsp3) is 0.261. The topological polar surface area (TPSA) is 89.8 Å². The molecule has 0 spiro atoms. The molecule has 3 N–H and O–H groups in total. The third-order valence-corrected chi connectivity index (χ3v) is 5.32. The van der Waals surface area contributed by atoms with Crippen molar-refractivity contribution >= 4 is 39.8 Å². The summed E-state index contributed by atoms with van der Waals surface area (Å²) in [5, 5.41) is 6.32. The zero-order valence-corrected chi connectivity index (χ0v) is 17.9. The third kappa shape index (κ3) is 3.80. The summed E-state index contributed by atoms with van der Waals surface area (Å²) in [6.45, 7) is 6.09. The average Bonchev–Trinajstić information content (AvgIpc) is 3.01. The molecule has 0 amide bonds. The number of rotatable bonds is 3. The lowest BCUT2D eigenvalue weighted by Gasteiger charge is -2.29. The lowest BCUT2D eigenvalue weighted by Crippen LogP contribution is -2.31. The van der Waals surface area contributed by atoms with Gasteiger partial charge in [0.1, 0.15) is 11.5 Å². The highest BCUT2D eigenvalue weighted by Gasteiger charge is 2.36. The van der Waals surface area contributed by atoms with Gasteiger partial charge in [0.05, 0.1) is 5.71 Å². The number of ether oxygens (including phenoxy) is 1. The Balaban J connectivity index is 1.71. The first-order valence-corrected chi connectivity index (χ1v) is 10.1. The fourth-order valence-electron chi connectivity index (χ4n) is 3.96. The van der Waals surface area contributed by atoms with Crippen molar-refractivity contribution in [2.45, 2.75) is 33.6 Å². The van der Waals surface area contributed by atoms with Crippen molar-refractivity contribution in [1.82, 2.24) is 5.43 Å². The Kier molecular flexibility index (Phi) is 5.07. The van der Waals surface area contributed by atoms with Crippen molar-refractivity contribution in [1.29, 1.82) is 0 Å². The number of furan rings is 1. The van der Waals surface area contributed by atoms with Gasteiger partial charge in [0.25, 0.3) is 0 Å². The summed E-state index contributed by atoms with van der Waals surface area (Å²) in [6.07, 6.45) is 1.39. The van der Waals surface area contributed by atoms with Crippen LogP contribution in [0.5, 0.6) is 5.75 Å². The van der Waals surface area contributed by atoms with Gasteiger partial charge in [-0.05, 0) is 42.4 Å². The quantitative estimate of drug-likeness (QED) is 0.281. The van der Waals surface area contributed by atoms with E-state index >= 15 is 0 Å². The third-order valence-electron chi connectivity index (χ3n) is 5.23. The molecule has 0 saturated heterocycles. The van der Waals surface area contributed by atoms with Crippen molar-refractivity contribution in [2.24, 2.45) is 16.3 Å². The van der Waals surface area contributed by atoms with Gasteiger partial charge in [0, 0.05) is 22.9 Å². The molecule has 0 bridgehead atoms. The Morgan fingerprint density at radius 2 is 1.93 bits per heavy atom. The monoisotopic (exact) mass is 421 g/mol. The second-order valence-corrected chi connectivity index (χ2v) is 8.71. The molecular formula is C23H23N3O3S. The molecule has 4 rings (SSSR count). The van der Waals surface area contributed by atoms with E-state index in [9.17, 15) is 4.79 Å². The Morgan fingerprint density at radius 3 is 2.70 bits per heavy atom. The minimum Gasteiger partial charge on any atom is -0.453 e. The van der Waals surface area contributed by atoms with Gasteiger partial charge < -0.3 is 14.9 Å². The van der Waals surface area contributed by atoms with E-state index in [0.29, 0.717) is 24.2 Å². The molecule has 7 heteroatoms. The number of thiocarbonyl (C=S) groups is 1. The molecule has 154 valence electrons. The highest BCUT2D eigenvalue weighted by Crippen LogP contribution is 2.39. The zero-order valence-electron chi connectivity index (χ0n) is 17.1. The van der Waals surface area contributed by atoms with E-state index < -0.39 is 5.97 Å². The summed E-state index contributed by atoms with van der Waals surface area (Å²) in [4.78, 5) is 13.0. The predicted molar refractivity (Wildman–Crippen MR) is 121 cm³/mol. The van der Waals surface area contributed by atoms with Gasteiger partial charge in [-0.1, -0.05) is 50.2 Å². The van der Waals surface area contributed by atoms with Crippen LogP contribution in [0.3, 0.4) is 0 Å². The SMILES string of the molecule is Cc1c(C(=O)Oc2cccc3ccccc23)oc2c1/C(=N\NC(N)=S)CC(C)(C)C2. The van der Waals surface area contributed by atoms with E-state index in [1.165, 1.54) is 0 Å². The van der Waals surface area contributed by atoms with E-state index in [4.69, 9.17) is 27.1 Å². The number of hydrogen-bond donors (Lipinski definition) is 2. The second kappa shape index (κ2) is 7.57. The molecule has 0 fully saturated rings. The molecular weight excluding hydrogens is 398 g/mol. The van der Waals surface area contributed by atoms with Crippen LogP contribution in [-0.2, 0) is 6.42 Å². The van der Waals surface area contributed by atoms with Gasteiger partial charge >= 0.3 is 5.97 Å². The molecule has 0 atom stereocenters. The maximum atomic E-state index is 13.0. The predicted octanol–water partition coefficient (Wildman–Crippen LogP) is 4.47. The number of hydrazone groups is 1. The number of esters is 1. The summed E-state index contributed by atoms with van der Waals surface area (Å²) < 4.78 is 11.7. The van der Waals surface area contributed by atoms with Crippen LogP contribution in [0, 0.1) is 12.3 Å². The maximum Gasteiger partial charge on any atom is 0.379 e. The van der Waals surface area contributed by atoms with Crippen LogP contribution in [0.1, 0.15) is 47.7 Å². The van der Waals surface area contributed by atoms with Crippen molar-refractivity contribution in [2.75, 3.05) is 0 Å². The Morgan fingerprint density at radius 1 is 1.20 bits per heavy atom. The molecule has 30 heavy (non-hydrogen) atoms. The van der Waals surface area contributed by atoms with Crippen LogP contribution < -0.4 is 15.9 Å². The van der Waals surface area contributed by atoms with Crippen molar-refractivity contribution < 1.29 is 13.9 Å². The van der Waals surface area contributed by atoms with E-state index in [0.717, 1.165) is 27.8 Å². The molecule has 0 saturated carbocycles. The summed E-state index contributed by atoms with van der Waals surface area (Å²) in [6, 6.07) is 13.4. The Bertz CT molecular complexity index is 1190. The van der Waals surface area contributed by atoms with Crippen LogP contribution in [0.2, 0.25) is 0 Å². The molecule has 2 aromatic carbocycles. The number of benzene rings is 2. The Hall–Kier alpha value is -3.19. The highest BCUT2D eigenvalue weighted by molar-refractivity contribution is 7.80. The molecule has 0 unspecified atom stereocenters. The van der Waals surface area contributed by atoms with Gasteiger partial charge in [-0.3, -0.25) is 5.43 Å². The number of nitrogens with zero attached hydrogens (tertiary/aromatic N) is 1. The second-order valence-electron chi connectivity index (χ2n) is 8.27. The number of nitrogens with one attached hydrogen (secondary N) is 1. The fourth-order valence-corrected chi connectivity index (χ4v) is 4.00. The first-order chi connectivity index (χ1) is 14.2. The van der Waals surface area contributed by atoms with Gasteiger partial charge in [-0.2, -0.15) is 5.10 Å². The normalized spacial score (nSPS) is 16.3.